The first kappa shape index (κ1) is 16.8. The summed E-state index contributed by atoms with van der Waals surface area (Å²) in [5, 5.41) is 12.1. The van der Waals surface area contributed by atoms with Gasteiger partial charge < -0.3 is 20.1 Å². The van der Waals surface area contributed by atoms with Gasteiger partial charge in [-0.1, -0.05) is 20.8 Å². The highest BCUT2D eigenvalue weighted by atomic mass is 16.5. The predicted octanol–water partition coefficient (Wildman–Crippen LogP) is 1.55. The average Bonchev–Trinajstić information content (AvgIpc) is 2.76. The number of hydrogen-bond acceptors (Lipinski definition) is 3. The minimum absolute atomic E-state index is 0.000230. The molecule has 0 aromatic rings. The predicted molar refractivity (Wildman–Crippen MR) is 75.6 cm³/mol. The van der Waals surface area contributed by atoms with Crippen LogP contribution in [0.1, 0.15) is 33.6 Å². The number of carbonyl (C=O) groups is 2. The van der Waals surface area contributed by atoms with Gasteiger partial charge >= 0.3 is 12.0 Å². The number of carboxylic acids is 1. The zero-order valence-corrected chi connectivity index (χ0v) is 12.8. The molecule has 1 saturated heterocycles. The molecular formula is C14H26N2O4. The molecule has 0 radical (unpaired) electrons. The van der Waals surface area contributed by atoms with Gasteiger partial charge in [0.1, 0.15) is 6.04 Å². The number of likely N-dealkylation sites (tertiary alicyclic amines) is 1. The fraction of sp³-hybridized carbons (Fsp3) is 0.857. The van der Waals surface area contributed by atoms with E-state index in [1.54, 1.807) is 7.11 Å². The van der Waals surface area contributed by atoms with E-state index in [0.717, 1.165) is 12.8 Å². The van der Waals surface area contributed by atoms with Crippen molar-refractivity contribution in [1.82, 2.24) is 10.2 Å². The molecule has 20 heavy (non-hydrogen) atoms. The molecule has 0 aromatic carbocycles. The molecule has 2 N–H and O–H groups in total. The molecule has 1 aliphatic heterocycles. The van der Waals surface area contributed by atoms with Crippen molar-refractivity contribution in [3.8, 4) is 0 Å². The number of carbonyl (C=O) groups excluding carboxylic acids is 1. The van der Waals surface area contributed by atoms with Crippen LogP contribution < -0.4 is 5.32 Å². The monoisotopic (exact) mass is 286 g/mol. The molecule has 0 bridgehead atoms. The van der Waals surface area contributed by atoms with Crippen molar-refractivity contribution in [2.75, 3.05) is 26.8 Å². The lowest BCUT2D eigenvalue weighted by molar-refractivity contribution is -0.142. The van der Waals surface area contributed by atoms with Crippen LogP contribution in [-0.4, -0.2) is 54.9 Å². The average molecular weight is 286 g/mol. The molecular weight excluding hydrogens is 260 g/mol. The van der Waals surface area contributed by atoms with Crippen LogP contribution in [0.5, 0.6) is 0 Å². The van der Waals surface area contributed by atoms with E-state index in [4.69, 9.17) is 4.74 Å². The van der Waals surface area contributed by atoms with Crippen LogP contribution in [0.4, 0.5) is 4.79 Å². The molecule has 2 atom stereocenters. The van der Waals surface area contributed by atoms with Crippen LogP contribution in [0, 0.1) is 11.3 Å². The van der Waals surface area contributed by atoms with Crippen molar-refractivity contribution in [1.29, 1.82) is 0 Å². The van der Waals surface area contributed by atoms with Gasteiger partial charge in [-0.3, -0.25) is 0 Å². The molecule has 2 unspecified atom stereocenters. The smallest absolute Gasteiger partial charge is 0.326 e. The third-order valence-corrected chi connectivity index (χ3v) is 3.92. The van der Waals surface area contributed by atoms with Gasteiger partial charge in [-0.15, -0.1) is 0 Å². The number of carboxylic acid groups (broad SMARTS) is 1. The number of amides is 2. The second-order valence-corrected chi connectivity index (χ2v) is 6.31. The third kappa shape index (κ3) is 4.37. The zero-order valence-electron chi connectivity index (χ0n) is 12.8. The Hall–Kier alpha value is -1.30. The van der Waals surface area contributed by atoms with Crippen molar-refractivity contribution >= 4 is 12.0 Å². The Labute approximate surface area is 120 Å². The van der Waals surface area contributed by atoms with Gasteiger partial charge in [-0.2, -0.15) is 0 Å². The third-order valence-electron chi connectivity index (χ3n) is 3.92. The fourth-order valence-electron chi connectivity index (χ4n) is 2.43. The number of aliphatic carboxylic acids is 1. The van der Waals surface area contributed by atoms with Gasteiger partial charge in [0.25, 0.3) is 0 Å². The molecule has 0 saturated carbocycles. The summed E-state index contributed by atoms with van der Waals surface area (Å²) in [6.07, 6.45) is 1.57. The van der Waals surface area contributed by atoms with Crippen molar-refractivity contribution in [2.45, 2.75) is 39.7 Å². The summed E-state index contributed by atoms with van der Waals surface area (Å²) in [6, 6.07) is -0.996. The van der Waals surface area contributed by atoms with Crippen LogP contribution in [0.25, 0.3) is 0 Å². The number of ether oxygens (including phenoxy) is 1. The Morgan fingerprint density at radius 2 is 2.10 bits per heavy atom. The molecule has 1 heterocycles. The van der Waals surface area contributed by atoms with E-state index in [9.17, 15) is 14.7 Å². The normalized spacial score (nSPS) is 22.9. The SMILES string of the molecule is COCCC(C)(C)CNC(=O)N1CCC(C)C1C(=O)O. The Morgan fingerprint density at radius 3 is 2.65 bits per heavy atom. The van der Waals surface area contributed by atoms with E-state index >= 15 is 0 Å². The minimum atomic E-state index is -0.927. The summed E-state index contributed by atoms with van der Waals surface area (Å²) in [6.45, 7) is 7.62. The number of nitrogens with zero attached hydrogens (tertiary/aromatic N) is 1. The standard InChI is InChI=1S/C14H26N2O4/c1-10-5-7-16(11(10)12(17)18)13(19)15-9-14(2,3)6-8-20-4/h10-11H,5-9H2,1-4H3,(H,15,19)(H,17,18). The maximum absolute atomic E-state index is 12.1. The molecule has 6 nitrogen and oxygen atoms in total. The van der Waals surface area contributed by atoms with E-state index in [1.807, 2.05) is 20.8 Å². The minimum Gasteiger partial charge on any atom is -0.480 e. The van der Waals surface area contributed by atoms with Crippen molar-refractivity contribution in [2.24, 2.45) is 11.3 Å². The highest BCUT2D eigenvalue weighted by Crippen LogP contribution is 2.24. The second-order valence-electron chi connectivity index (χ2n) is 6.31. The highest BCUT2D eigenvalue weighted by molar-refractivity contribution is 5.83. The fourth-order valence-corrected chi connectivity index (χ4v) is 2.43. The first-order valence-electron chi connectivity index (χ1n) is 7.05. The number of hydrogen-bond donors (Lipinski definition) is 2. The molecule has 116 valence electrons. The highest BCUT2D eigenvalue weighted by Gasteiger charge is 2.39. The lowest BCUT2D eigenvalue weighted by Gasteiger charge is -2.28. The molecule has 0 aromatic heterocycles. The Bertz CT molecular complexity index is 357. The van der Waals surface area contributed by atoms with Crippen LogP contribution in [0.2, 0.25) is 0 Å². The quantitative estimate of drug-likeness (QED) is 0.776. The Morgan fingerprint density at radius 1 is 1.45 bits per heavy atom. The maximum Gasteiger partial charge on any atom is 0.326 e. The number of urea groups is 1. The van der Waals surface area contributed by atoms with Gasteiger partial charge in [-0.05, 0) is 24.2 Å². The molecule has 0 aliphatic carbocycles. The van der Waals surface area contributed by atoms with E-state index in [2.05, 4.69) is 5.32 Å². The van der Waals surface area contributed by atoms with Crippen molar-refractivity contribution < 1.29 is 19.4 Å². The van der Waals surface area contributed by atoms with Crippen molar-refractivity contribution in [3.05, 3.63) is 0 Å². The molecule has 1 aliphatic rings. The van der Waals surface area contributed by atoms with E-state index in [0.29, 0.717) is 19.7 Å². The van der Waals surface area contributed by atoms with E-state index in [1.165, 1.54) is 4.90 Å². The molecule has 1 rings (SSSR count). The van der Waals surface area contributed by atoms with Crippen LogP contribution in [0.15, 0.2) is 0 Å². The largest absolute Gasteiger partial charge is 0.480 e. The maximum atomic E-state index is 12.1. The van der Waals surface area contributed by atoms with E-state index in [-0.39, 0.29) is 17.4 Å². The molecule has 6 heteroatoms. The lowest BCUT2D eigenvalue weighted by atomic mass is 9.90. The first-order chi connectivity index (χ1) is 9.28. The number of rotatable bonds is 6. The number of methoxy groups -OCH3 is 1. The summed E-state index contributed by atoms with van der Waals surface area (Å²) in [7, 11) is 1.65. The summed E-state index contributed by atoms with van der Waals surface area (Å²) in [5.74, 6) is -0.927. The Kier molecular flexibility index (Phi) is 5.80. The van der Waals surface area contributed by atoms with Gasteiger partial charge in [0.05, 0.1) is 0 Å². The summed E-state index contributed by atoms with van der Waals surface area (Å²) in [5.41, 5.74) is -0.0737. The summed E-state index contributed by atoms with van der Waals surface area (Å²) < 4.78 is 5.05. The van der Waals surface area contributed by atoms with Crippen LogP contribution >= 0.6 is 0 Å². The summed E-state index contributed by atoms with van der Waals surface area (Å²) in [4.78, 5) is 24.8. The van der Waals surface area contributed by atoms with Gasteiger partial charge in [0.15, 0.2) is 0 Å². The van der Waals surface area contributed by atoms with Crippen LogP contribution in [-0.2, 0) is 9.53 Å². The van der Waals surface area contributed by atoms with Gasteiger partial charge in [-0.25, -0.2) is 9.59 Å². The van der Waals surface area contributed by atoms with Gasteiger partial charge in [0.2, 0.25) is 0 Å². The first-order valence-corrected chi connectivity index (χ1v) is 7.05. The summed E-state index contributed by atoms with van der Waals surface area (Å²) >= 11 is 0. The second kappa shape index (κ2) is 6.92. The van der Waals surface area contributed by atoms with Crippen molar-refractivity contribution in [3.63, 3.8) is 0 Å². The Balaban J connectivity index is 2.52. The molecule has 2 amide bonds. The van der Waals surface area contributed by atoms with Gasteiger partial charge in [0, 0.05) is 26.8 Å². The van der Waals surface area contributed by atoms with E-state index < -0.39 is 12.0 Å². The lowest BCUT2D eigenvalue weighted by Crippen LogP contribution is -2.49. The molecule has 1 fully saturated rings. The van der Waals surface area contributed by atoms with Crippen LogP contribution in [0.3, 0.4) is 0 Å². The molecule has 0 spiro atoms. The topological polar surface area (TPSA) is 78.9 Å². The number of nitrogens with one attached hydrogen (secondary N) is 1. The zero-order chi connectivity index (χ0) is 15.3.